The largest absolute Gasteiger partial charge is 0.337 e. The summed E-state index contributed by atoms with van der Waals surface area (Å²) >= 11 is 0. The van der Waals surface area contributed by atoms with E-state index in [0.717, 1.165) is 10.5 Å². The second kappa shape index (κ2) is 7.14. The van der Waals surface area contributed by atoms with Gasteiger partial charge >= 0.3 is 5.92 Å². The molecule has 1 amide bonds. The first-order valence-electron chi connectivity index (χ1n) is 7.73. The molecule has 0 radical (unpaired) electrons. The van der Waals surface area contributed by atoms with Crippen molar-refractivity contribution >= 4 is 16.0 Å². The molecule has 1 aliphatic rings. The Morgan fingerprint density at radius 2 is 1.79 bits per heavy atom. The van der Waals surface area contributed by atoms with Crippen LogP contribution in [-0.2, 0) is 19.1 Å². The van der Waals surface area contributed by atoms with Gasteiger partial charge < -0.3 is 4.90 Å². The maximum Gasteiger partial charge on any atom is 0.322 e. The molecule has 5 nitrogen and oxygen atoms in total. The van der Waals surface area contributed by atoms with Crippen LogP contribution in [-0.4, -0.2) is 44.8 Å². The van der Waals surface area contributed by atoms with Gasteiger partial charge in [-0.3, -0.25) is 8.98 Å². The number of hydrogen-bond donors (Lipinski definition) is 0. The second-order valence-electron chi connectivity index (χ2n) is 6.18. The average molecular weight is 361 g/mol. The lowest BCUT2D eigenvalue weighted by Gasteiger charge is -2.33. The summed E-state index contributed by atoms with van der Waals surface area (Å²) in [6.07, 6.45) is 0.872. The molecule has 1 aromatic carbocycles. The Hall–Kier alpha value is -1.54. The smallest absolute Gasteiger partial charge is 0.322 e. The van der Waals surface area contributed by atoms with Gasteiger partial charge in [0.1, 0.15) is 0 Å². The van der Waals surface area contributed by atoms with E-state index in [9.17, 15) is 22.0 Å². The zero-order valence-electron chi connectivity index (χ0n) is 13.7. The van der Waals surface area contributed by atoms with Gasteiger partial charge in [0.15, 0.2) is 0 Å². The Kier molecular flexibility index (Phi) is 5.59. The van der Waals surface area contributed by atoms with Gasteiger partial charge in [-0.25, -0.2) is 0 Å². The van der Waals surface area contributed by atoms with Crippen molar-refractivity contribution in [3.05, 3.63) is 29.8 Å². The molecule has 134 valence electrons. The highest BCUT2D eigenvalue weighted by atomic mass is 32.2. The van der Waals surface area contributed by atoms with Crippen molar-refractivity contribution in [2.75, 3.05) is 19.7 Å². The zero-order valence-corrected chi connectivity index (χ0v) is 14.5. The molecule has 2 rings (SSSR count). The first-order chi connectivity index (χ1) is 11.1. The number of likely N-dealkylation sites (tertiary alicyclic amines) is 1. The Morgan fingerprint density at radius 3 is 2.29 bits per heavy atom. The molecule has 0 unspecified atom stereocenters. The number of carbonyl (C=O) groups excluding carboxylic acids is 1. The van der Waals surface area contributed by atoms with Crippen LogP contribution in [0.4, 0.5) is 8.78 Å². The molecular weight excluding hydrogens is 340 g/mol. The van der Waals surface area contributed by atoms with E-state index in [-0.39, 0.29) is 30.5 Å². The molecule has 1 heterocycles. The van der Waals surface area contributed by atoms with Crippen molar-refractivity contribution < 1.29 is 26.2 Å². The van der Waals surface area contributed by atoms with Crippen LogP contribution in [0.5, 0.6) is 0 Å². The Labute approximate surface area is 140 Å². The maximum absolute atomic E-state index is 13.0. The van der Waals surface area contributed by atoms with E-state index in [0.29, 0.717) is 19.8 Å². The van der Waals surface area contributed by atoms with Crippen molar-refractivity contribution in [2.45, 2.75) is 37.5 Å². The second-order valence-corrected chi connectivity index (χ2v) is 7.79. The van der Waals surface area contributed by atoms with E-state index in [1.165, 1.54) is 12.1 Å². The Balaban J connectivity index is 1.86. The fourth-order valence-corrected chi connectivity index (χ4v) is 3.52. The molecule has 0 spiro atoms. The summed E-state index contributed by atoms with van der Waals surface area (Å²) in [5.74, 6) is -4.65. The van der Waals surface area contributed by atoms with Crippen LogP contribution in [0, 0.1) is 12.8 Å². The van der Waals surface area contributed by atoms with E-state index in [1.807, 2.05) is 6.92 Å². The standard InChI is InChI=1S/C16H21F2NO4S/c1-12-3-5-14(6-4-12)24(21,22)23-11-13-7-9-19(10-8-13)15(20)16(2,17)18/h3-6,13H,7-11H2,1-2H3. The highest BCUT2D eigenvalue weighted by molar-refractivity contribution is 7.86. The number of halogens is 2. The van der Waals surface area contributed by atoms with Crippen LogP contribution in [0.15, 0.2) is 29.2 Å². The minimum Gasteiger partial charge on any atom is -0.337 e. The minimum absolute atomic E-state index is 0.0131. The summed E-state index contributed by atoms with van der Waals surface area (Å²) in [4.78, 5) is 12.7. The SMILES string of the molecule is Cc1ccc(S(=O)(=O)OCC2CCN(C(=O)C(C)(F)F)CC2)cc1. The summed E-state index contributed by atoms with van der Waals surface area (Å²) in [5, 5.41) is 0. The van der Waals surface area contributed by atoms with Gasteiger partial charge in [0.25, 0.3) is 16.0 Å². The lowest BCUT2D eigenvalue weighted by Crippen LogP contribution is -2.46. The number of aryl methyl sites for hydroxylation is 1. The van der Waals surface area contributed by atoms with Gasteiger partial charge in [-0.2, -0.15) is 17.2 Å². The van der Waals surface area contributed by atoms with Crippen molar-refractivity contribution in [1.82, 2.24) is 4.90 Å². The third-order valence-electron chi connectivity index (χ3n) is 4.05. The topological polar surface area (TPSA) is 63.7 Å². The third-order valence-corrected chi connectivity index (χ3v) is 5.34. The average Bonchev–Trinajstić information content (AvgIpc) is 2.52. The van der Waals surface area contributed by atoms with E-state index in [2.05, 4.69) is 0 Å². The Bertz CT molecular complexity index is 675. The van der Waals surface area contributed by atoms with Gasteiger partial charge in [0.2, 0.25) is 0 Å². The quantitative estimate of drug-likeness (QED) is 0.756. The molecular formula is C16H21F2NO4S. The van der Waals surface area contributed by atoms with Crippen LogP contribution in [0.3, 0.4) is 0 Å². The monoisotopic (exact) mass is 361 g/mol. The molecule has 0 saturated carbocycles. The molecule has 0 N–H and O–H groups in total. The lowest BCUT2D eigenvalue weighted by molar-refractivity contribution is -0.156. The summed E-state index contributed by atoms with van der Waals surface area (Å²) in [7, 11) is -3.83. The predicted molar refractivity (Wildman–Crippen MR) is 84.2 cm³/mol. The number of carbonyl (C=O) groups is 1. The molecule has 0 aliphatic carbocycles. The minimum atomic E-state index is -3.83. The summed E-state index contributed by atoms with van der Waals surface area (Å²) < 4.78 is 55.3. The van der Waals surface area contributed by atoms with Crippen LogP contribution in [0.25, 0.3) is 0 Å². The molecule has 0 bridgehead atoms. The third kappa shape index (κ3) is 4.73. The molecule has 24 heavy (non-hydrogen) atoms. The molecule has 8 heteroatoms. The molecule has 1 aliphatic heterocycles. The molecule has 0 aromatic heterocycles. The van der Waals surface area contributed by atoms with E-state index >= 15 is 0 Å². The van der Waals surface area contributed by atoms with Crippen LogP contribution < -0.4 is 0 Å². The maximum atomic E-state index is 13.0. The fraction of sp³-hybridized carbons (Fsp3) is 0.562. The number of piperidine rings is 1. The van der Waals surface area contributed by atoms with Crippen molar-refractivity contribution in [2.24, 2.45) is 5.92 Å². The fourth-order valence-electron chi connectivity index (χ4n) is 2.54. The molecule has 1 saturated heterocycles. The van der Waals surface area contributed by atoms with E-state index in [4.69, 9.17) is 4.18 Å². The normalized spacial score (nSPS) is 17.1. The van der Waals surface area contributed by atoms with Crippen molar-refractivity contribution in [1.29, 1.82) is 0 Å². The summed E-state index contributed by atoms with van der Waals surface area (Å²) in [6, 6.07) is 6.33. The molecule has 1 fully saturated rings. The van der Waals surface area contributed by atoms with E-state index < -0.39 is 21.9 Å². The highest BCUT2D eigenvalue weighted by Crippen LogP contribution is 2.24. The summed E-state index contributed by atoms with van der Waals surface area (Å²) in [5.41, 5.74) is 0.943. The number of rotatable bonds is 5. The van der Waals surface area contributed by atoms with Crippen LogP contribution >= 0.6 is 0 Å². The van der Waals surface area contributed by atoms with Gasteiger partial charge in [-0.1, -0.05) is 17.7 Å². The molecule has 0 atom stereocenters. The Morgan fingerprint density at radius 1 is 1.25 bits per heavy atom. The number of amides is 1. The van der Waals surface area contributed by atoms with Crippen molar-refractivity contribution in [3.63, 3.8) is 0 Å². The zero-order chi connectivity index (χ0) is 18.0. The van der Waals surface area contributed by atoms with Gasteiger partial charge in [0, 0.05) is 20.0 Å². The number of hydrogen-bond acceptors (Lipinski definition) is 4. The van der Waals surface area contributed by atoms with Gasteiger partial charge in [-0.15, -0.1) is 0 Å². The number of alkyl halides is 2. The number of benzene rings is 1. The summed E-state index contributed by atoms with van der Waals surface area (Å²) in [6.45, 7) is 2.79. The van der Waals surface area contributed by atoms with Crippen molar-refractivity contribution in [3.8, 4) is 0 Å². The highest BCUT2D eigenvalue weighted by Gasteiger charge is 2.38. The lowest BCUT2D eigenvalue weighted by atomic mass is 9.97. The van der Waals surface area contributed by atoms with E-state index in [1.54, 1.807) is 12.1 Å². The predicted octanol–water partition coefficient (Wildman–Crippen LogP) is 2.59. The van der Waals surface area contributed by atoms with Gasteiger partial charge in [0.05, 0.1) is 11.5 Å². The van der Waals surface area contributed by atoms with Crippen LogP contribution in [0.2, 0.25) is 0 Å². The first-order valence-corrected chi connectivity index (χ1v) is 9.14. The molecule has 1 aromatic rings. The first kappa shape index (κ1) is 18.8. The number of nitrogens with zero attached hydrogens (tertiary/aromatic N) is 1. The van der Waals surface area contributed by atoms with Crippen LogP contribution in [0.1, 0.15) is 25.3 Å². The van der Waals surface area contributed by atoms with Gasteiger partial charge in [-0.05, 0) is 37.8 Å².